The first-order valence-corrected chi connectivity index (χ1v) is 8.69. The highest BCUT2D eigenvalue weighted by atomic mass is 35.5. The lowest BCUT2D eigenvalue weighted by Crippen LogP contribution is -2.35. The lowest BCUT2D eigenvalue weighted by atomic mass is 9.88. The summed E-state index contributed by atoms with van der Waals surface area (Å²) in [5.41, 5.74) is 7.08. The van der Waals surface area contributed by atoms with Crippen LogP contribution in [0, 0.1) is 17.8 Å². The minimum Gasteiger partial charge on any atom is -0.329 e. The van der Waals surface area contributed by atoms with Gasteiger partial charge in [0, 0.05) is 29.2 Å². The molecule has 2 bridgehead atoms. The Morgan fingerprint density at radius 3 is 2.71 bits per heavy atom. The topological polar surface area (TPSA) is 29.3 Å². The number of nitrogens with two attached hydrogens (primary N) is 1. The van der Waals surface area contributed by atoms with Gasteiger partial charge in [-0.15, -0.1) is 0 Å². The Balaban J connectivity index is 1.71. The quantitative estimate of drug-likeness (QED) is 0.870. The molecular weight excluding hydrogens is 303 g/mol. The van der Waals surface area contributed by atoms with Gasteiger partial charge in [0.15, 0.2) is 0 Å². The van der Waals surface area contributed by atoms with Gasteiger partial charge < -0.3 is 5.73 Å². The third-order valence-electron chi connectivity index (χ3n) is 5.48. The van der Waals surface area contributed by atoms with Gasteiger partial charge in [-0.05, 0) is 67.8 Å². The number of halogens is 2. The van der Waals surface area contributed by atoms with Gasteiger partial charge in [-0.2, -0.15) is 0 Å². The molecule has 2 aliphatic carbocycles. The fourth-order valence-corrected chi connectivity index (χ4v) is 4.84. The van der Waals surface area contributed by atoms with Crippen molar-refractivity contribution in [3.8, 4) is 0 Å². The molecule has 116 valence electrons. The third kappa shape index (κ3) is 3.24. The summed E-state index contributed by atoms with van der Waals surface area (Å²) in [6.07, 6.45) is 5.72. The number of hydrogen-bond donors (Lipinski definition) is 1. The molecule has 0 aromatic heterocycles. The van der Waals surface area contributed by atoms with Crippen molar-refractivity contribution in [3.05, 3.63) is 33.8 Å². The lowest BCUT2D eigenvalue weighted by Gasteiger charge is -2.33. The van der Waals surface area contributed by atoms with Crippen molar-refractivity contribution in [2.24, 2.45) is 23.5 Å². The Labute approximate surface area is 137 Å². The van der Waals surface area contributed by atoms with Crippen LogP contribution in [0.25, 0.3) is 0 Å². The van der Waals surface area contributed by atoms with Crippen LogP contribution in [-0.2, 0) is 0 Å². The van der Waals surface area contributed by atoms with E-state index in [9.17, 15) is 0 Å². The van der Waals surface area contributed by atoms with Crippen LogP contribution < -0.4 is 5.73 Å². The number of fused-ring (bicyclic) bond motifs is 2. The molecule has 4 unspecified atom stereocenters. The highest BCUT2D eigenvalue weighted by Crippen LogP contribution is 2.48. The predicted molar refractivity (Wildman–Crippen MR) is 89.8 cm³/mol. The number of likely N-dealkylation sites (N-methyl/N-ethyl adjacent to an activating group) is 1. The number of hydrogen-bond acceptors (Lipinski definition) is 2. The molecule has 0 amide bonds. The molecule has 2 saturated carbocycles. The van der Waals surface area contributed by atoms with E-state index in [-0.39, 0.29) is 6.04 Å². The van der Waals surface area contributed by atoms with Crippen molar-refractivity contribution in [1.29, 1.82) is 0 Å². The summed E-state index contributed by atoms with van der Waals surface area (Å²) in [6.45, 7) is 1.68. The number of benzene rings is 1. The monoisotopic (exact) mass is 326 g/mol. The van der Waals surface area contributed by atoms with Gasteiger partial charge in [-0.3, -0.25) is 4.90 Å². The average molecular weight is 327 g/mol. The maximum atomic E-state index is 6.35. The zero-order valence-electron chi connectivity index (χ0n) is 12.6. The van der Waals surface area contributed by atoms with Gasteiger partial charge in [-0.25, -0.2) is 0 Å². The summed E-state index contributed by atoms with van der Waals surface area (Å²) in [5, 5.41) is 1.48. The molecule has 0 heterocycles. The van der Waals surface area contributed by atoms with Gasteiger partial charge in [0.25, 0.3) is 0 Å². The van der Waals surface area contributed by atoms with Gasteiger partial charge in [0.1, 0.15) is 0 Å². The first-order valence-electron chi connectivity index (χ1n) is 7.93. The van der Waals surface area contributed by atoms with E-state index < -0.39 is 0 Å². The number of nitrogens with zero attached hydrogens (tertiary/aromatic N) is 1. The molecule has 2 fully saturated rings. The molecule has 21 heavy (non-hydrogen) atoms. The summed E-state index contributed by atoms with van der Waals surface area (Å²) >= 11 is 12.5. The van der Waals surface area contributed by atoms with Crippen LogP contribution in [0.5, 0.6) is 0 Å². The van der Waals surface area contributed by atoms with E-state index in [1.165, 1.54) is 25.7 Å². The molecule has 4 atom stereocenters. The summed E-state index contributed by atoms with van der Waals surface area (Å²) in [6, 6.07) is 5.80. The normalized spacial score (nSPS) is 29.3. The maximum absolute atomic E-state index is 6.35. The first-order chi connectivity index (χ1) is 10.1. The van der Waals surface area contributed by atoms with Crippen LogP contribution in [0.2, 0.25) is 10.0 Å². The number of rotatable bonds is 5. The minimum absolute atomic E-state index is 0.148. The maximum Gasteiger partial charge on any atom is 0.0482 e. The molecule has 2 aliphatic rings. The van der Waals surface area contributed by atoms with E-state index in [4.69, 9.17) is 28.9 Å². The van der Waals surface area contributed by atoms with Crippen LogP contribution in [0.1, 0.15) is 37.3 Å². The van der Waals surface area contributed by atoms with Gasteiger partial charge in [0.2, 0.25) is 0 Å². The van der Waals surface area contributed by atoms with Gasteiger partial charge in [0.05, 0.1) is 0 Å². The Bertz CT molecular complexity index is 506. The van der Waals surface area contributed by atoms with E-state index in [2.05, 4.69) is 11.9 Å². The fraction of sp³-hybridized carbons (Fsp3) is 0.647. The highest BCUT2D eigenvalue weighted by Gasteiger charge is 2.40. The lowest BCUT2D eigenvalue weighted by molar-refractivity contribution is 0.176. The van der Waals surface area contributed by atoms with Crippen molar-refractivity contribution in [2.45, 2.75) is 31.7 Å². The van der Waals surface area contributed by atoms with Gasteiger partial charge >= 0.3 is 0 Å². The summed E-state index contributed by atoms with van der Waals surface area (Å²) in [4.78, 5) is 2.38. The molecule has 0 saturated heterocycles. The largest absolute Gasteiger partial charge is 0.329 e. The molecule has 0 aliphatic heterocycles. The van der Waals surface area contributed by atoms with E-state index in [1.807, 2.05) is 18.2 Å². The second-order valence-corrected chi connectivity index (χ2v) is 7.64. The highest BCUT2D eigenvalue weighted by molar-refractivity contribution is 6.33. The van der Waals surface area contributed by atoms with Crippen LogP contribution >= 0.6 is 23.2 Å². The summed E-state index contributed by atoms with van der Waals surface area (Å²) in [5.74, 6) is 2.76. The Morgan fingerprint density at radius 1 is 1.29 bits per heavy atom. The molecule has 0 radical (unpaired) electrons. The second kappa shape index (κ2) is 6.45. The molecule has 3 rings (SSSR count). The first kappa shape index (κ1) is 15.6. The minimum atomic E-state index is 0.148. The van der Waals surface area contributed by atoms with Crippen molar-refractivity contribution in [3.63, 3.8) is 0 Å². The summed E-state index contributed by atoms with van der Waals surface area (Å²) < 4.78 is 0. The van der Waals surface area contributed by atoms with E-state index in [0.29, 0.717) is 6.54 Å². The van der Waals surface area contributed by atoms with Crippen LogP contribution in [-0.4, -0.2) is 25.0 Å². The predicted octanol–water partition coefficient (Wildman–Crippen LogP) is 4.36. The van der Waals surface area contributed by atoms with Crippen LogP contribution in [0.15, 0.2) is 18.2 Å². The molecule has 1 aromatic rings. The van der Waals surface area contributed by atoms with Crippen molar-refractivity contribution >= 4 is 23.2 Å². The standard InChI is InChI=1S/C17H24Cl2N2/c1-21(10-13-7-11-2-3-12(13)6-11)17(9-20)15-8-14(18)4-5-16(15)19/h4-5,8,11-13,17H,2-3,6-7,9-10,20H2,1H3. The van der Waals surface area contributed by atoms with E-state index in [1.54, 1.807) is 0 Å². The van der Waals surface area contributed by atoms with Crippen molar-refractivity contribution in [2.75, 3.05) is 20.1 Å². The third-order valence-corrected chi connectivity index (χ3v) is 6.06. The SMILES string of the molecule is CN(CC1CC2CCC1C2)C(CN)c1cc(Cl)ccc1Cl. The Kier molecular flexibility index (Phi) is 4.80. The van der Waals surface area contributed by atoms with E-state index in [0.717, 1.165) is 39.9 Å². The van der Waals surface area contributed by atoms with Crippen LogP contribution in [0.4, 0.5) is 0 Å². The van der Waals surface area contributed by atoms with Crippen LogP contribution in [0.3, 0.4) is 0 Å². The summed E-state index contributed by atoms with van der Waals surface area (Å²) in [7, 11) is 2.17. The molecule has 2 nitrogen and oxygen atoms in total. The second-order valence-electron chi connectivity index (χ2n) is 6.79. The fourth-order valence-electron chi connectivity index (χ4n) is 4.41. The molecular formula is C17H24Cl2N2. The van der Waals surface area contributed by atoms with E-state index >= 15 is 0 Å². The molecule has 4 heteroatoms. The molecule has 1 aromatic carbocycles. The van der Waals surface area contributed by atoms with Gasteiger partial charge in [-0.1, -0.05) is 29.6 Å². The molecule has 2 N–H and O–H groups in total. The average Bonchev–Trinajstić information content (AvgIpc) is 3.06. The smallest absolute Gasteiger partial charge is 0.0482 e. The Morgan fingerprint density at radius 2 is 2.10 bits per heavy atom. The zero-order chi connectivity index (χ0) is 15.0. The molecule has 0 spiro atoms. The zero-order valence-corrected chi connectivity index (χ0v) is 14.1. The Hall–Kier alpha value is -0.280. The van der Waals surface area contributed by atoms with Crippen molar-refractivity contribution in [1.82, 2.24) is 4.90 Å². The van der Waals surface area contributed by atoms with Crippen molar-refractivity contribution < 1.29 is 0 Å².